The van der Waals surface area contributed by atoms with Gasteiger partial charge in [0.15, 0.2) is 0 Å². The lowest BCUT2D eigenvalue weighted by Gasteiger charge is -2.40. The molecule has 1 aromatic heterocycles. The first kappa shape index (κ1) is 25.4. The normalized spacial score (nSPS) is 40.5. The van der Waals surface area contributed by atoms with Gasteiger partial charge >= 0.3 is 0 Å². The summed E-state index contributed by atoms with van der Waals surface area (Å²) in [6.07, 6.45) is -11.8. The van der Waals surface area contributed by atoms with E-state index in [2.05, 4.69) is 4.98 Å². The molecule has 3 aliphatic rings. The number of aliphatic hydroxyl groups is 8. The maximum absolute atomic E-state index is 10.3. The number of aliphatic hydroxyl groups excluding tert-OH is 8. The summed E-state index contributed by atoms with van der Waals surface area (Å²) in [4.78, 5) is 4.29. The van der Waals surface area contributed by atoms with Crippen molar-refractivity contribution in [2.75, 3.05) is 13.2 Å². The van der Waals surface area contributed by atoms with Gasteiger partial charge in [0.1, 0.15) is 48.8 Å². The predicted octanol–water partition coefficient (Wildman–Crippen LogP) is -3.68. The van der Waals surface area contributed by atoms with Crippen LogP contribution in [-0.4, -0.2) is 120 Å². The van der Waals surface area contributed by atoms with Crippen LogP contribution in [-0.2, 0) is 22.3 Å². The van der Waals surface area contributed by atoms with Gasteiger partial charge in [-0.2, -0.15) is 4.98 Å². The summed E-state index contributed by atoms with van der Waals surface area (Å²) in [5.74, 6) is -0.0225. The van der Waals surface area contributed by atoms with E-state index in [1.165, 1.54) is 0 Å². The maximum atomic E-state index is 10.3. The van der Waals surface area contributed by atoms with Gasteiger partial charge in [-0.1, -0.05) is 0 Å². The third-order valence-corrected chi connectivity index (χ3v) is 6.44. The van der Waals surface area contributed by atoms with Crippen LogP contribution >= 0.6 is 0 Å². The highest BCUT2D eigenvalue weighted by atomic mass is 16.7. The zero-order valence-corrected chi connectivity index (χ0v) is 18.3. The summed E-state index contributed by atoms with van der Waals surface area (Å²) in [6, 6.07) is 1.62. The van der Waals surface area contributed by atoms with E-state index < -0.39 is 74.6 Å². The van der Waals surface area contributed by atoms with Gasteiger partial charge in [0.25, 0.3) is 0 Å². The Morgan fingerprint density at radius 2 is 1.26 bits per heavy atom. The molecule has 1 aromatic rings. The second-order valence-electron chi connectivity index (χ2n) is 8.74. The number of hydrogen-bond acceptors (Lipinski definition) is 13. The number of hydrogen-bond donors (Lipinski definition) is 8. The van der Waals surface area contributed by atoms with Crippen LogP contribution < -0.4 is 9.47 Å². The summed E-state index contributed by atoms with van der Waals surface area (Å²) in [6.45, 7) is -1.23. The quantitative estimate of drug-likeness (QED) is 0.194. The minimum atomic E-state index is -1.63. The van der Waals surface area contributed by atoms with Gasteiger partial charge in [0, 0.05) is 11.6 Å². The van der Waals surface area contributed by atoms with E-state index in [1.807, 2.05) is 0 Å². The molecule has 13 heteroatoms. The van der Waals surface area contributed by atoms with E-state index in [0.29, 0.717) is 12.8 Å². The number of aromatic nitrogens is 1. The van der Waals surface area contributed by atoms with Crippen LogP contribution in [0.4, 0.5) is 0 Å². The van der Waals surface area contributed by atoms with Crippen LogP contribution in [0.2, 0.25) is 0 Å². The fourth-order valence-electron chi connectivity index (χ4n) is 4.40. The molecule has 0 aromatic carbocycles. The van der Waals surface area contributed by atoms with Crippen molar-refractivity contribution in [3.8, 4) is 11.8 Å². The Kier molecular flexibility index (Phi) is 7.89. The average molecular weight is 489 g/mol. The lowest BCUT2D eigenvalue weighted by molar-refractivity contribution is -0.280. The van der Waals surface area contributed by atoms with Crippen molar-refractivity contribution in [2.45, 2.75) is 87.1 Å². The molecule has 2 aliphatic heterocycles. The van der Waals surface area contributed by atoms with E-state index in [4.69, 9.17) is 18.9 Å². The third-order valence-electron chi connectivity index (χ3n) is 6.44. The molecule has 0 amide bonds. The molecule has 10 atom stereocenters. The van der Waals surface area contributed by atoms with Gasteiger partial charge < -0.3 is 59.8 Å². The Morgan fingerprint density at radius 3 is 1.82 bits per heavy atom. The maximum Gasteiger partial charge on any atom is 0.231 e. The Balaban J connectivity index is 1.59. The molecule has 2 saturated heterocycles. The van der Waals surface area contributed by atoms with E-state index in [1.54, 1.807) is 6.07 Å². The van der Waals surface area contributed by atoms with Crippen molar-refractivity contribution in [1.82, 2.24) is 4.98 Å². The SMILES string of the molecule is OCC1O[C@@H](Oc2cc3c(c(O[C@@H]4OC(CO)[C@@H](O)C(O)C4O)n2)CCCC3)C(O)C(O)[C@@H]1O. The van der Waals surface area contributed by atoms with Crippen molar-refractivity contribution in [1.29, 1.82) is 0 Å². The number of ether oxygens (including phenoxy) is 4. The first-order valence-electron chi connectivity index (χ1n) is 11.2. The van der Waals surface area contributed by atoms with Crippen molar-refractivity contribution < 1.29 is 59.8 Å². The van der Waals surface area contributed by atoms with Crippen molar-refractivity contribution in [2.24, 2.45) is 0 Å². The van der Waals surface area contributed by atoms with Crippen LogP contribution in [0.3, 0.4) is 0 Å². The standard InChI is InChI=1S/C21H31NO12/c23-6-10-13(25)15(27)17(29)20(31-10)33-12-5-8-3-1-2-4-9(8)19(22-12)34-21-18(30)16(28)14(26)11(7-24)32-21/h5,10-11,13-18,20-21,23-30H,1-4,6-7H2/t10?,11?,13-,14-,15?,16?,17?,18?,20+,21+/m1/s1. The van der Waals surface area contributed by atoms with Gasteiger partial charge in [-0.05, 0) is 31.2 Å². The number of pyridine rings is 1. The number of aryl methyl sites for hydroxylation is 1. The molecule has 0 spiro atoms. The smallest absolute Gasteiger partial charge is 0.231 e. The molecule has 8 N–H and O–H groups in total. The van der Waals surface area contributed by atoms with Crippen molar-refractivity contribution in [3.05, 3.63) is 17.2 Å². The molecular weight excluding hydrogens is 458 g/mol. The van der Waals surface area contributed by atoms with Gasteiger partial charge in [0.2, 0.25) is 24.3 Å². The van der Waals surface area contributed by atoms with Gasteiger partial charge in [-0.15, -0.1) is 0 Å². The van der Waals surface area contributed by atoms with Gasteiger partial charge in [-0.3, -0.25) is 0 Å². The largest absolute Gasteiger partial charge is 0.445 e. The summed E-state index contributed by atoms with van der Waals surface area (Å²) in [7, 11) is 0. The zero-order chi connectivity index (χ0) is 24.6. The molecule has 0 saturated carbocycles. The van der Waals surface area contributed by atoms with Crippen LogP contribution in [0.1, 0.15) is 24.0 Å². The Hall–Kier alpha value is -1.65. The molecule has 4 rings (SSSR count). The van der Waals surface area contributed by atoms with E-state index in [0.717, 1.165) is 24.0 Å². The minimum Gasteiger partial charge on any atom is -0.445 e. The number of fused-ring (bicyclic) bond motifs is 1. The third kappa shape index (κ3) is 4.86. The topological polar surface area (TPSA) is 212 Å². The summed E-state index contributed by atoms with van der Waals surface area (Å²) < 4.78 is 22.2. The second-order valence-corrected chi connectivity index (χ2v) is 8.74. The lowest BCUT2D eigenvalue weighted by atomic mass is 9.93. The second kappa shape index (κ2) is 10.5. The van der Waals surface area contributed by atoms with Gasteiger partial charge in [0.05, 0.1) is 13.2 Å². The Bertz CT molecular complexity index is 838. The molecule has 0 bridgehead atoms. The molecule has 192 valence electrons. The molecule has 2 fully saturated rings. The highest BCUT2D eigenvalue weighted by Gasteiger charge is 2.46. The summed E-state index contributed by atoms with van der Waals surface area (Å²) in [5.41, 5.74) is 1.55. The summed E-state index contributed by atoms with van der Waals surface area (Å²) in [5, 5.41) is 79.4. The minimum absolute atomic E-state index is 0.0288. The monoisotopic (exact) mass is 489 g/mol. The van der Waals surface area contributed by atoms with Crippen LogP contribution in [0.25, 0.3) is 0 Å². The van der Waals surface area contributed by atoms with E-state index >= 15 is 0 Å². The zero-order valence-electron chi connectivity index (χ0n) is 18.3. The molecule has 13 nitrogen and oxygen atoms in total. The predicted molar refractivity (Wildman–Crippen MR) is 110 cm³/mol. The Labute approximate surface area is 194 Å². The molecular formula is C21H31NO12. The molecule has 1 aliphatic carbocycles. The molecule has 6 unspecified atom stereocenters. The van der Waals surface area contributed by atoms with Crippen LogP contribution in [0, 0.1) is 0 Å². The first-order valence-corrected chi connectivity index (χ1v) is 11.2. The fourth-order valence-corrected chi connectivity index (χ4v) is 4.40. The number of nitrogens with zero attached hydrogens (tertiary/aromatic N) is 1. The van der Waals surface area contributed by atoms with Crippen LogP contribution in [0.5, 0.6) is 11.8 Å². The van der Waals surface area contributed by atoms with Crippen molar-refractivity contribution >= 4 is 0 Å². The van der Waals surface area contributed by atoms with E-state index in [-0.39, 0.29) is 11.8 Å². The van der Waals surface area contributed by atoms with Gasteiger partial charge in [-0.25, -0.2) is 0 Å². The van der Waals surface area contributed by atoms with Crippen LogP contribution in [0.15, 0.2) is 6.07 Å². The molecule has 3 heterocycles. The molecule has 34 heavy (non-hydrogen) atoms. The van der Waals surface area contributed by atoms with E-state index in [9.17, 15) is 40.9 Å². The summed E-state index contributed by atoms with van der Waals surface area (Å²) >= 11 is 0. The average Bonchev–Trinajstić information content (AvgIpc) is 2.84. The highest BCUT2D eigenvalue weighted by Crippen LogP contribution is 2.34. The first-order chi connectivity index (χ1) is 16.2. The number of rotatable bonds is 6. The lowest BCUT2D eigenvalue weighted by Crippen LogP contribution is -2.60. The fraction of sp³-hybridized carbons (Fsp3) is 0.762. The molecule has 0 radical (unpaired) electrons. The Morgan fingerprint density at radius 1 is 0.735 bits per heavy atom. The van der Waals surface area contributed by atoms with Crippen molar-refractivity contribution in [3.63, 3.8) is 0 Å². The highest BCUT2D eigenvalue weighted by molar-refractivity contribution is 5.40.